The zero-order valence-electron chi connectivity index (χ0n) is 33.1. The number of anilines is 4. The summed E-state index contributed by atoms with van der Waals surface area (Å²) in [6.07, 6.45) is 0.695. The molecule has 0 saturated carbocycles. The molecule has 4 amide bonds. The number of benzene rings is 3. The van der Waals surface area contributed by atoms with Crippen LogP contribution in [0.1, 0.15) is 71.4 Å². The topological polar surface area (TPSA) is 150 Å². The van der Waals surface area contributed by atoms with Gasteiger partial charge in [0.25, 0.3) is 5.91 Å². The van der Waals surface area contributed by atoms with Gasteiger partial charge >= 0.3 is 0 Å². The third-order valence-corrected chi connectivity index (χ3v) is 11.5. The summed E-state index contributed by atoms with van der Waals surface area (Å²) < 4.78 is 6.42. The number of piperidine rings is 1. The van der Waals surface area contributed by atoms with E-state index in [-0.39, 0.29) is 59.6 Å². The molecule has 0 aromatic heterocycles. The molecule has 0 bridgehead atoms. The lowest BCUT2D eigenvalue weighted by atomic mass is 9.98. The molecule has 3 N–H and O–H groups in total. The molecule has 3 atom stereocenters. The van der Waals surface area contributed by atoms with Gasteiger partial charge in [0.1, 0.15) is 30.0 Å². The first-order valence-corrected chi connectivity index (χ1v) is 20.0. The Bertz CT molecular complexity index is 2120. The average Bonchev–Trinajstić information content (AvgIpc) is 3.33. The van der Waals surface area contributed by atoms with E-state index in [9.17, 15) is 24.4 Å². The van der Waals surface area contributed by atoms with Gasteiger partial charge in [-0.1, -0.05) is 31.5 Å². The maximum absolute atomic E-state index is 13.8. The molecule has 6 rings (SSSR count). The SMILES string of the molecule is CC(C)c1cc(N2C(=S)N(c3ccc(C#N)c(Cl)c3)C(=O)C2(C)C)ccc1OCCN1C[C@@H](C)N(CC(=O)Nc2cccc(NC3CCC(=O)NC3=O)c2)C[C@H]1C. The van der Waals surface area contributed by atoms with E-state index in [2.05, 4.69) is 53.4 Å². The van der Waals surface area contributed by atoms with Crippen molar-refractivity contribution in [1.29, 1.82) is 5.26 Å². The number of thiocarbonyl (C=S) groups is 1. The first kappa shape index (κ1) is 41.6. The molecule has 57 heavy (non-hydrogen) atoms. The van der Waals surface area contributed by atoms with Crippen molar-refractivity contribution >= 4 is 75.3 Å². The summed E-state index contributed by atoms with van der Waals surface area (Å²) in [6.45, 7) is 15.1. The zero-order chi connectivity index (χ0) is 41.2. The number of imide groups is 1. The van der Waals surface area contributed by atoms with Gasteiger partial charge in [0.2, 0.25) is 17.7 Å². The van der Waals surface area contributed by atoms with Crippen LogP contribution in [0.4, 0.5) is 22.7 Å². The van der Waals surface area contributed by atoms with Crippen molar-refractivity contribution in [3.05, 3.63) is 76.8 Å². The maximum Gasteiger partial charge on any atom is 0.259 e. The minimum atomic E-state index is -0.980. The third kappa shape index (κ3) is 9.07. The van der Waals surface area contributed by atoms with Gasteiger partial charge in [-0.05, 0) is 112 Å². The Morgan fingerprint density at radius 2 is 1.72 bits per heavy atom. The molecule has 0 radical (unpaired) electrons. The minimum absolute atomic E-state index is 0.123. The van der Waals surface area contributed by atoms with Gasteiger partial charge in [-0.2, -0.15) is 5.26 Å². The molecule has 3 fully saturated rings. The minimum Gasteiger partial charge on any atom is -0.492 e. The van der Waals surface area contributed by atoms with Crippen molar-refractivity contribution in [2.45, 2.75) is 84.0 Å². The molecule has 0 spiro atoms. The van der Waals surface area contributed by atoms with Crippen molar-refractivity contribution < 1.29 is 23.9 Å². The van der Waals surface area contributed by atoms with Crippen molar-refractivity contribution in [3.63, 3.8) is 0 Å². The number of carbonyl (C=O) groups excluding carboxylic acids is 4. The number of hydrogen-bond acceptors (Lipinski definition) is 10. The monoisotopic (exact) mass is 812 g/mol. The van der Waals surface area contributed by atoms with E-state index in [1.807, 2.05) is 61.2 Å². The highest BCUT2D eigenvalue weighted by Crippen LogP contribution is 2.40. The molecule has 3 heterocycles. The predicted octanol–water partition coefficient (Wildman–Crippen LogP) is 5.88. The summed E-state index contributed by atoms with van der Waals surface area (Å²) in [6, 6.07) is 19.9. The Morgan fingerprint density at radius 1 is 1.02 bits per heavy atom. The van der Waals surface area contributed by atoms with Gasteiger partial charge in [0.05, 0.1) is 22.8 Å². The maximum atomic E-state index is 13.8. The highest BCUT2D eigenvalue weighted by Gasteiger charge is 2.50. The summed E-state index contributed by atoms with van der Waals surface area (Å²) in [5, 5.41) is 18.4. The number of hydrogen-bond donors (Lipinski definition) is 3. The fourth-order valence-electron chi connectivity index (χ4n) is 7.63. The number of ether oxygens (including phenoxy) is 1. The van der Waals surface area contributed by atoms with Crippen LogP contribution in [0.15, 0.2) is 60.7 Å². The van der Waals surface area contributed by atoms with E-state index in [4.69, 9.17) is 28.6 Å². The first-order valence-electron chi connectivity index (χ1n) is 19.2. The number of amides is 4. The normalized spacial score (nSPS) is 21.4. The van der Waals surface area contributed by atoms with Gasteiger partial charge in [-0.25, -0.2) is 0 Å². The number of nitriles is 1. The lowest BCUT2D eigenvalue weighted by molar-refractivity contribution is -0.133. The molecule has 3 saturated heterocycles. The molecular weight excluding hydrogens is 764 g/mol. The second kappa shape index (κ2) is 17.2. The highest BCUT2D eigenvalue weighted by molar-refractivity contribution is 7.81. The number of nitrogens with zero attached hydrogens (tertiary/aromatic N) is 5. The summed E-state index contributed by atoms with van der Waals surface area (Å²) in [5.74, 6) is -0.0431. The fraction of sp³-hybridized carbons (Fsp3) is 0.429. The molecule has 3 aromatic carbocycles. The largest absolute Gasteiger partial charge is 0.492 e. The molecule has 3 aliphatic rings. The number of piperazine rings is 1. The van der Waals surface area contributed by atoms with Crippen LogP contribution in [-0.2, 0) is 19.2 Å². The van der Waals surface area contributed by atoms with Gasteiger partial charge in [-0.15, -0.1) is 0 Å². The third-order valence-electron chi connectivity index (χ3n) is 10.8. The Balaban J connectivity index is 1.03. The van der Waals surface area contributed by atoms with Crippen LogP contribution in [0.5, 0.6) is 5.75 Å². The quantitative estimate of drug-likeness (QED) is 0.149. The van der Waals surface area contributed by atoms with Crippen LogP contribution in [0.3, 0.4) is 0 Å². The van der Waals surface area contributed by atoms with Crippen LogP contribution in [0.2, 0.25) is 5.02 Å². The smallest absolute Gasteiger partial charge is 0.259 e. The van der Waals surface area contributed by atoms with Crippen molar-refractivity contribution in [1.82, 2.24) is 15.1 Å². The van der Waals surface area contributed by atoms with E-state index in [1.165, 1.54) is 4.90 Å². The van der Waals surface area contributed by atoms with Crippen LogP contribution >= 0.6 is 23.8 Å². The molecule has 3 aromatic rings. The number of nitrogens with one attached hydrogen (secondary N) is 3. The van der Waals surface area contributed by atoms with Gasteiger partial charge in [0.15, 0.2) is 5.11 Å². The predicted molar refractivity (Wildman–Crippen MR) is 226 cm³/mol. The summed E-state index contributed by atoms with van der Waals surface area (Å²) >= 11 is 12.2. The highest BCUT2D eigenvalue weighted by atomic mass is 35.5. The molecule has 3 aliphatic heterocycles. The van der Waals surface area contributed by atoms with Gasteiger partial charge in [-0.3, -0.25) is 39.2 Å². The standard InChI is InChI=1S/C42H49ClN8O5S/c1-25(2)33-19-32(51-41(57)50(40(55)42(51,5)6)31-11-10-28(21-44)34(43)20-31)12-14-36(33)56-17-16-48-22-27(4)49(23-26(48)3)24-38(53)46-30-9-7-8-29(18-30)45-35-13-15-37(52)47-39(35)54/h7-12,14,18-20,25-27,35,45H,13,15-17,22-24H2,1-6H3,(H,46,53)(H,47,52,54)/t26-,27-,35?/m1/s1. The summed E-state index contributed by atoms with van der Waals surface area (Å²) in [4.78, 5) is 58.5. The Kier molecular flexibility index (Phi) is 12.5. The van der Waals surface area contributed by atoms with Crippen LogP contribution in [0, 0.1) is 11.3 Å². The van der Waals surface area contributed by atoms with Gasteiger partial charge < -0.3 is 20.3 Å². The average molecular weight is 813 g/mol. The lowest BCUT2D eigenvalue weighted by Crippen LogP contribution is -2.58. The lowest BCUT2D eigenvalue weighted by Gasteiger charge is -2.43. The molecule has 1 unspecified atom stereocenters. The number of carbonyl (C=O) groups is 4. The van der Waals surface area contributed by atoms with E-state index in [1.54, 1.807) is 24.3 Å². The molecule has 300 valence electrons. The van der Waals surface area contributed by atoms with Crippen LogP contribution < -0.4 is 30.5 Å². The van der Waals surface area contributed by atoms with Gasteiger partial charge in [0, 0.05) is 55.2 Å². The Labute approximate surface area is 344 Å². The van der Waals surface area contributed by atoms with Crippen molar-refractivity contribution in [2.75, 3.05) is 53.2 Å². The van der Waals surface area contributed by atoms with Crippen LogP contribution in [-0.4, -0.2) is 95.0 Å². The zero-order valence-corrected chi connectivity index (χ0v) is 34.7. The Morgan fingerprint density at radius 3 is 2.42 bits per heavy atom. The fourth-order valence-corrected chi connectivity index (χ4v) is 8.37. The molecular formula is C42H49ClN8O5S. The molecule has 13 nitrogen and oxygen atoms in total. The van der Waals surface area contributed by atoms with E-state index >= 15 is 0 Å². The molecule has 0 aliphatic carbocycles. The summed E-state index contributed by atoms with van der Waals surface area (Å²) in [5.41, 5.74) is 2.92. The van der Waals surface area contributed by atoms with Crippen molar-refractivity contribution in [3.8, 4) is 11.8 Å². The first-order chi connectivity index (χ1) is 27.1. The Hall–Kier alpha value is -5.07. The number of halogens is 1. The van der Waals surface area contributed by atoms with E-state index < -0.39 is 11.6 Å². The van der Waals surface area contributed by atoms with Crippen molar-refractivity contribution in [2.24, 2.45) is 0 Å². The second-order valence-corrected chi connectivity index (χ2v) is 16.5. The second-order valence-electron chi connectivity index (χ2n) is 15.7. The molecule has 15 heteroatoms. The number of rotatable bonds is 12. The van der Waals surface area contributed by atoms with E-state index in [0.717, 1.165) is 23.5 Å². The van der Waals surface area contributed by atoms with Crippen LogP contribution in [0.25, 0.3) is 0 Å². The summed E-state index contributed by atoms with van der Waals surface area (Å²) in [7, 11) is 0. The van der Waals surface area contributed by atoms with E-state index in [0.29, 0.717) is 53.9 Å².